The van der Waals surface area contributed by atoms with Crippen LogP contribution >= 0.6 is 0 Å². The van der Waals surface area contributed by atoms with Crippen LogP contribution in [0.15, 0.2) is 54.6 Å². The van der Waals surface area contributed by atoms with Crippen LogP contribution in [0.1, 0.15) is 24.2 Å². The SMILES string of the molecule is CC(C)O.O=C(O)c1ccccc1Oc1ccccc1. The van der Waals surface area contributed by atoms with Crippen molar-refractivity contribution in [3.05, 3.63) is 60.2 Å². The maximum absolute atomic E-state index is 10.9. The van der Waals surface area contributed by atoms with Crippen LogP contribution in [-0.2, 0) is 0 Å². The van der Waals surface area contributed by atoms with Crippen LogP contribution in [0.4, 0.5) is 0 Å². The van der Waals surface area contributed by atoms with Gasteiger partial charge in [0.1, 0.15) is 17.1 Å². The van der Waals surface area contributed by atoms with E-state index in [0.717, 1.165) is 0 Å². The smallest absolute Gasteiger partial charge is 0.339 e. The number of carboxylic acid groups (broad SMARTS) is 1. The first kappa shape index (κ1) is 15.7. The quantitative estimate of drug-likeness (QED) is 0.898. The number of aliphatic hydroxyl groups excluding tert-OH is 1. The number of hydrogen-bond acceptors (Lipinski definition) is 3. The molecule has 0 spiro atoms. The normalized spacial score (nSPS) is 9.60. The van der Waals surface area contributed by atoms with Crippen molar-refractivity contribution in [2.45, 2.75) is 20.0 Å². The molecule has 0 heterocycles. The molecule has 0 aliphatic heterocycles. The summed E-state index contributed by atoms with van der Waals surface area (Å²) >= 11 is 0. The summed E-state index contributed by atoms with van der Waals surface area (Å²) in [5.74, 6) is -0.0241. The molecule has 2 aromatic rings. The molecule has 0 bridgehead atoms. The number of aromatic carboxylic acids is 1. The Morgan fingerprint density at radius 3 is 2.05 bits per heavy atom. The van der Waals surface area contributed by atoms with E-state index in [-0.39, 0.29) is 11.7 Å². The molecule has 0 unspecified atom stereocenters. The van der Waals surface area contributed by atoms with Crippen molar-refractivity contribution < 1.29 is 19.7 Å². The van der Waals surface area contributed by atoms with Gasteiger partial charge in [0.2, 0.25) is 0 Å². The van der Waals surface area contributed by atoms with E-state index < -0.39 is 5.97 Å². The van der Waals surface area contributed by atoms with Crippen LogP contribution in [0.5, 0.6) is 11.5 Å². The van der Waals surface area contributed by atoms with Crippen LogP contribution < -0.4 is 4.74 Å². The molecule has 20 heavy (non-hydrogen) atoms. The Kier molecular flexibility index (Phi) is 6.26. The lowest BCUT2D eigenvalue weighted by molar-refractivity contribution is 0.0694. The van der Waals surface area contributed by atoms with E-state index in [1.807, 2.05) is 18.2 Å². The number of aliphatic hydroxyl groups is 1. The van der Waals surface area contributed by atoms with Gasteiger partial charge in [-0.25, -0.2) is 4.79 Å². The van der Waals surface area contributed by atoms with E-state index in [0.29, 0.717) is 11.5 Å². The van der Waals surface area contributed by atoms with Crippen LogP contribution in [0.25, 0.3) is 0 Å². The van der Waals surface area contributed by atoms with Crippen molar-refractivity contribution in [1.82, 2.24) is 0 Å². The molecule has 2 aromatic carbocycles. The number of carboxylic acids is 1. The first-order valence-electron chi connectivity index (χ1n) is 6.24. The van der Waals surface area contributed by atoms with Crippen molar-refractivity contribution in [2.75, 3.05) is 0 Å². The van der Waals surface area contributed by atoms with E-state index in [9.17, 15) is 4.79 Å². The van der Waals surface area contributed by atoms with Gasteiger partial charge in [0.25, 0.3) is 0 Å². The molecular weight excluding hydrogens is 256 g/mol. The third-order valence-electron chi connectivity index (χ3n) is 2.09. The van der Waals surface area contributed by atoms with Gasteiger partial charge >= 0.3 is 5.97 Å². The van der Waals surface area contributed by atoms with Gasteiger partial charge in [0.05, 0.1) is 0 Å². The number of carbonyl (C=O) groups is 1. The molecule has 0 saturated heterocycles. The second kappa shape index (κ2) is 7.96. The standard InChI is InChI=1S/C13H10O3.C3H8O/c14-13(15)11-8-4-5-9-12(11)16-10-6-2-1-3-7-10;1-3(2)4/h1-9H,(H,14,15);3-4H,1-2H3. The van der Waals surface area contributed by atoms with E-state index in [1.54, 1.807) is 44.2 Å². The summed E-state index contributed by atoms with van der Waals surface area (Å²) in [7, 11) is 0. The van der Waals surface area contributed by atoms with Gasteiger partial charge in [0.15, 0.2) is 0 Å². The van der Waals surface area contributed by atoms with Crippen molar-refractivity contribution >= 4 is 5.97 Å². The van der Waals surface area contributed by atoms with Gasteiger partial charge in [-0.3, -0.25) is 0 Å². The maximum atomic E-state index is 10.9. The predicted molar refractivity (Wildman–Crippen MR) is 77.3 cm³/mol. The predicted octanol–water partition coefficient (Wildman–Crippen LogP) is 3.56. The average Bonchev–Trinajstić information content (AvgIpc) is 2.39. The van der Waals surface area contributed by atoms with Gasteiger partial charge in [-0.2, -0.15) is 0 Å². The fourth-order valence-electron chi connectivity index (χ4n) is 1.35. The molecule has 2 N–H and O–H groups in total. The number of benzene rings is 2. The Hall–Kier alpha value is -2.33. The first-order chi connectivity index (χ1) is 9.50. The summed E-state index contributed by atoms with van der Waals surface area (Å²) in [4.78, 5) is 10.9. The number of ether oxygens (including phenoxy) is 1. The van der Waals surface area contributed by atoms with Crippen LogP contribution in [0, 0.1) is 0 Å². The zero-order chi connectivity index (χ0) is 15.0. The second-order valence-corrected chi connectivity index (χ2v) is 4.31. The molecule has 0 atom stereocenters. The minimum Gasteiger partial charge on any atom is -0.478 e. The van der Waals surface area contributed by atoms with Gasteiger partial charge in [-0.15, -0.1) is 0 Å². The minimum absolute atomic E-state index is 0.159. The van der Waals surface area contributed by atoms with Gasteiger partial charge in [0, 0.05) is 6.10 Å². The third kappa shape index (κ3) is 5.54. The highest BCUT2D eigenvalue weighted by atomic mass is 16.5. The summed E-state index contributed by atoms with van der Waals surface area (Å²) in [6, 6.07) is 15.6. The average molecular weight is 274 g/mol. The monoisotopic (exact) mass is 274 g/mol. The van der Waals surface area contributed by atoms with E-state index >= 15 is 0 Å². The lowest BCUT2D eigenvalue weighted by Gasteiger charge is -2.07. The maximum Gasteiger partial charge on any atom is 0.339 e. The van der Waals surface area contributed by atoms with Crippen LogP contribution in [-0.4, -0.2) is 22.3 Å². The fraction of sp³-hybridized carbons (Fsp3) is 0.188. The zero-order valence-corrected chi connectivity index (χ0v) is 11.5. The third-order valence-corrected chi connectivity index (χ3v) is 2.09. The lowest BCUT2D eigenvalue weighted by Crippen LogP contribution is -1.99. The number of para-hydroxylation sites is 2. The topological polar surface area (TPSA) is 66.8 Å². The molecular formula is C16H18O4. The number of rotatable bonds is 3. The second-order valence-electron chi connectivity index (χ2n) is 4.31. The van der Waals surface area contributed by atoms with Crippen molar-refractivity contribution in [1.29, 1.82) is 0 Å². The summed E-state index contributed by atoms with van der Waals surface area (Å²) in [5, 5.41) is 17.0. The van der Waals surface area contributed by atoms with Gasteiger partial charge in [-0.05, 0) is 38.1 Å². The fourth-order valence-corrected chi connectivity index (χ4v) is 1.35. The van der Waals surface area contributed by atoms with Crippen molar-refractivity contribution in [2.24, 2.45) is 0 Å². The highest BCUT2D eigenvalue weighted by molar-refractivity contribution is 5.90. The number of hydrogen-bond donors (Lipinski definition) is 2. The summed E-state index contributed by atoms with van der Waals surface area (Å²) < 4.78 is 5.49. The first-order valence-corrected chi connectivity index (χ1v) is 6.24. The molecule has 0 radical (unpaired) electrons. The van der Waals surface area contributed by atoms with E-state index in [4.69, 9.17) is 14.9 Å². The Balaban J connectivity index is 0.000000444. The van der Waals surface area contributed by atoms with E-state index in [2.05, 4.69) is 0 Å². The van der Waals surface area contributed by atoms with Crippen molar-refractivity contribution in [3.63, 3.8) is 0 Å². The molecule has 4 nitrogen and oxygen atoms in total. The van der Waals surface area contributed by atoms with Gasteiger partial charge < -0.3 is 14.9 Å². The molecule has 0 aliphatic rings. The summed E-state index contributed by atoms with van der Waals surface area (Å²) in [5.41, 5.74) is 0.159. The highest BCUT2D eigenvalue weighted by Gasteiger charge is 2.10. The molecule has 0 fully saturated rings. The Bertz CT molecular complexity index is 532. The van der Waals surface area contributed by atoms with Crippen molar-refractivity contribution in [3.8, 4) is 11.5 Å². The van der Waals surface area contributed by atoms with E-state index in [1.165, 1.54) is 6.07 Å². The van der Waals surface area contributed by atoms with Crippen LogP contribution in [0.3, 0.4) is 0 Å². The zero-order valence-electron chi connectivity index (χ0n) is 11.5. The Morgan fingerprint density at radius 2 is 1.50 bits per heavy atom. The largest absolute Gasteiger partial charge is 0.478 e. The Morgan fingerprint density at radius 1 is 1.00 bits per heavy atom. The molecule has 106 valence electrons. The summed E-state index contributed by atoms with van der Waals surface area (Å²) in [6.07, 6.45) is -0.167. The minimum atomic E-state index is -0.994. The highest BCUT2D eigenvalue weighted by Crippen LogP contribution is 2.24. The molecule has 4 heteroatoms. The summed E-state index contributed by atoms with van der Waals surface area (Å²) in [6.45, 7) is 3.44. The molecule has 0 saturated carbocycles. The molecule has 2 rings (SSSR count). The Labute approximate surface area is 118 Å². The van der Waals surface area contributed by atoms with Crippen LogP contribution in [0.2, 0.25) is 0 Å². The lowest BCUT2D eigenvalue weighted by atomic mass is 10.2. The molecule has 0 aromatic heterocycles. The van der Waals surface area contributed by atoms with Gasteiger partial charge in [-0.1, -0.05) is 30.3 Å². The molecule has 0 aliphatic carbocycles. The molecule has 0 amide bonds.